The smallest absolute Gasteiger partial charge is 0.170 e. The fourth-order valence-corrected chi connectivity index (χ4v) is 5.61. The molecule has 2 aromatic rings. The maximum Gasteiger partial charge on any atom is 0.170 e. The minimum atomic E-state index is 0.478. The Bertz CT molecular complexity index is 773. The van der Waals surface area contributed by atoms with Gasteiger partial charge < -0.3 is 10.6 Å². The number of nitrogens with zero attached hydrogens (tertiary/aromatic N) is 1. The van der Waals surface area contributed by atoms with Crippen LogP contribution >= 0.6 is 23.6 Å². The van der Waals surface area contributed by atoms with E-state index in [1.165, 1.54) is 48.1 Å². The third-order valence-corrected chi connectivity index (χ3v) is 7.23. The lowest BCUT2D eigenvalue weighted by atomic mass is 9.81. The van der Waals surface area contributed by atoms with Crippen molar-refractivity contribution in [1.82, 2.24) is 10.2 Å². The molecule has 144 valence electrons. The van der Waals surface area contributed by atoms with Crippen LogP contribution in [0.4, 0.5) is 5.69 Å². The fourth-order valence-electron chi connectivity index (χ4n) is 4.61. The van der Waals surface area contributed by atoms with Gasteiger partial charge in [-0.05, 0) is 86.5 Å². The van der Waals surface area contributed by atoms with E-state index in [2.05, 4.69) is 65.1 Å². The number of nitrogens with one attached hydrogen (secondary N) is 2. The van der Waals surface area contributed by atoms with E-state index >= 15 is 0 Å². The first-order valence-corrected chi connectivity index (χ1v) is 11.3. The standard InChI is InChI=1S/C22H29N3S2/c1-15-8-9-17(11-16(15)2)23-22(26)24-18-12-19-5-3-6-20(13-18)25(19)14-21-7-4-10-27-21/h4,7-11,18-20H,3,5-6,12-14H2,1-2H3,(H2,23,24,26). The first-order chi connectivity index (χ1) is 13.1. The summed E-state index contributed by atoms with van der Waals surface area (Å²) in [6, 6.07) is 12.7. The number of thiocarbonyl (C=S) groups is 1. The number of thiophene rings is 1. The van der Waals surface area contributed by atoms with Gasteiger partial charge in [0.2, 0.25) is 0 Å². The summed E-state index contributed by atoms with van der Waals surface area (Å²) in [5.41, 5.74) is 3.68. The van der Waals surface area contributed by atoms with Crippen molar-refractivity contribution < 1.29 is 0 Å². The van der Waals surface area contributed by atoms with Crippen molar-refractivity contribution in [1.29, 1.82) is 0 Å². The predicted octanol–water partition coefficient (Wildman–Crippen LogP) is 5.24. The summed E-state index contributed by atoms with van der Waals surface area (Å²) < 4.78 is 0. The summed E-state index contributed by atoms with van der Waals surface area (Å²) >= 11 is 7.50. The van der Waals surface area contributed by atoms with Gasteiger partial charge in [0.15, 0.2) is 5.11 Å². The van der Waals surface area contributed by atoms with E-state index < -0.39 is 0 Å². The highest BCUT2D eigenvalue weighted by Crippen LogP contribution is 2.35. The quantitative estimate of drug-likeness (QED) is 0.688. The van der Waals surface area contributed by atoms with Crippen LogP contribution in [0.25, 0.3) is 0 Å². The highest BCUT2D eigenvalue weighted by Gasteiger charge is 2.38. The number of fused-ring (bicyclic) bond motifs is 2. The molecule has 1 aromatic heterocycles. The molecule has 0 saturated carbocycles. The summed E-state index contributed by atoms with van der Waals surface area (Å²) in [6.45, 7) is 5.39. The molecule has 0 spiro atoms. The molecule has 0 aliphatic carbocycles. The Morgan fingerprint density at radius 3 is 2.59 bits per heavy atom. The zero-order valence-corrected chi connectivity index (χ0v) is 17.8. The van der Waals surface area contributed by atoms with Gasteiger partial charge in [-0.3, -0.25) is 4.90 Å². The lowest BCUT2D eigenvalue weighted by molar-refractivity contribution is 0.0220. The molecule has 2 saturated heterocycles. The van der Waals surface area contributed by atoms with Crippen LogP contribution in [0.1, 0.15) is 48.1 Å². The number of hydrogen-bond acceptors (Lipinski definition) is 3. The monoisotopic (exact) mass is 399 g/mol. The van der Waals surface area contributed by atoms with Gasteiger partial charge in [-0.25, -0.2) is 0 Å². The van der Waals surface area contributed by atoms with Gasteiger partial charge in [0.05, 0.1) is 0 Å². The molecule has 3 nitrogen and oxygen atoms in total. The second kappa shape index (κ2) is 8.29. The van der Waals surface area contributed by atoms with Crippen LogP contribution in [0.15, 0.2) is 35.7 Å². The number of aryl methyl sites for hydroxylation is 2. The molecule has 2 bridgehead atoms. The van der Waals surface area contributed by atoms with Gasteiger partial charge in [0.25, 0.3) is 0 Å². The highest BCUT2D eigenvalue weighted by molar-refractivity contribution is 7.80. The third-order valence-electron chi connectivity index (χ3n) is 6.14. The SMILES string of the molecule is Cc1ccc(NC(=S)NC2CC3CCCC(C2)N3Cc2cccs2)cc1C. The molecule has 27 heavy (non-hydrogen) atoms. The number of hydrogen-bond donors (Lipinski definition) is 2. The number of rotatable bonds is 4. The topological polar surface area (TPSA) is 27.3 Å². The molecule has 2 unspecified atom stereocenters. The molecule has 2 fully saturated rings. The normalized spacial score (nSPS) is 25.2. The van der Waals surface area contributed by atoms with Gasteiger partial charge in [-0.15, -0.1) is 11.3 Å². The average molecular weight is 400 g/mol. The van der Waals surface area contributed by atoms with E-state index in [9.17, 15) is 0 Å². The summed E-state index contributed by atoms with van der Waals surface area (Å²) in [7, 11) is 0. The van der Waals surface area contributed by atoms with Crippen LogP contribution in [0, 0.1) is 13.8 Å². The van der Waals surface area contributed by atoms with Gasteiger partial charge >= 0.3 is 0 Å². The largest absolute Gasteiger partial charge is 0.360 e. The van der Waals surface area contributed by atoms with Gasteiger partial charge in [0.1, 0.15) is 0 Å². The van der Waals surface area contributed by atoms with E-state index in [1.807, 2.05) is 11.3 Å². The molecule has 3 heterocycles. The van der Waals surface area contributed by atoms with Crippen molar-refractivity contribution in [2.45, 2.75) is 70.6 Å². The zero-order chi connectivity index (χ0) is 18.8. The predicted molar refractivity (Wildman–Crippen MR) is 120 cm³/mol. The molecule has 0 amide bonds. The van der Waals surface area contributed by atoms with Crippen LogP contribution in [0.5, 0.6) is 0 Å². The second-order valence-electron chi connectivity index (χ2n) is 8.06. The third kappa shape index (κ3) is 4.53. The van der Waals surface area contributed by atoms with Crippen molar-refractivity contribution >= 4 is 34.4 Å². The maximum absolute atomic E-state index is 5.61. The molecule has 2 aliphatic heterocycles. The van der Waals surface area contributed by atoms with Crippen LogP contribution in [-0.2, 0) is 6.54 Å². The summed E-state index contributed by atoms with van der Waals surface area (Å²) in [5, 5.41) is 9.93. The van der Waals surface area contributed by atoms with Crippen molar-refractivity contribution in [3.05, 3.63) is 51.7 Å². The Morgan fingerprint density at radius 2 is 1.93 bits per heavy atom. The van der Waals surface area contributed by atoms with Crippen LogP contribution < -0.4 is 10.6 Å². The number of anilines is 1. The first-order valence-electron chi connectivity index (χ1n) is 10.0. The lowest BCUT2D eigenvalue weighted by Crippen LogP contribution is -2.56. The van der Waals surface area contributed by atoms with Crippen molar-refractivity contribution in [2.24, 2.45) is 0 Å². The Labute approximate surface area is 172 Å². The molecule has 0 radical (unpaired) electrons. The minimum Gasteiger partial charge on any atom is -0.360 e. The average Bonchev–Trinajstić information content (AvgIpc) is 3.12. The highest BCUT2D eigenvalue weighted by atomic mass is 32.1. The summed E-state index contributed by atoms with van der Waals surface area (Å²) in [4.78, 5) is 4.25. The van der Waals surface area contributed by atoms with Crippen molar-refractivity contribution in [3.63, 3.8) is 0 Å². The number of benzene rings is 1. The Morgan fingerprint density at radius 1 is 1.15 bits per heavy atom. The van der Waals surface area contributed by atoms with E-state index in [0.29, 0.717) is 18.1 Å². The maximum atomic E-state index is 5.61. The Kier molecular flexibility index (Phi) is 5.81. The first kappa shape index (κ1) is 18.9. The van der Waals surface area contributed by atoms with E-state index in [4.69, 9.17) is 12.2 Å². The van der Waals surface area contributed by atoms with Crippen molar-refractivity contribution in [2.75, 3.05) is 5.32 Å². The van der Waals surface area contributed by atoms with Gasteiger partial charge in [-0.2, -0.15) is 0 Å². The Balaban J connectivity index is 1.35. The van der Waals surface area contributed by atoms with Crippen LogP contribution in [-0.4, -0.2) is 28.1 Å². The minimum absolute atomic E-state index is 0.478. The summed E-state index contributed by atoms with van der Waals surface area (Å²) in [5.74, 6) is 0. The molecule has 2 N–H and O–H groups in total. The molecule has 2 aliphatic rings. The van der Waals surface area contributed by atoms with E-state index in [1.54, 1.807) is 0 Å². The lowest BCUT2D eigenvalue weighted by Gasteiger charge is -2.49. The van der Waals surface area contributed by atoms with E-state index in [0.717, 1.165) is 17.3 Å². The summed E-state index contributed by atoms with van der Waals surface area (Å²) in [6.07, 6.45) is 6.39. The molecule has 4 rings (SSSR count). The van der Waals surface area contributed by atoms with Crippen LogP contribution in [0.2, 0.25) is 0 Å². The van der Waals surface area contributed by atoms with Crippen LogP contribution in [0.3, 0.4) is 0 Å². The molecular weight excluding hydrogens is 370 g/mol. The molecule has 5 heteroatoms. The fraction of sp³-hybridized carbons (Fsp3) is 0.500. The molecule has 2 atom stereocenters. The molecular formula is C22H29N3S2. The van der Waals surface area contributed by atoms with E-state index in [-0.39, 0.29) is 0 Å². The van der Waals surface area contributed by atoms with Gasteiger partial charge in [0, 0.05) is 35.2 Å². The van der Waals surface area contributed by atoms with Crippen molar-refractivity contribution in [3.8, 4) is 0 Å². The Hall–Kier alpha value is -1.43. The van der Waals surface area contributed by atoms with Gasteiger partial charge in [-0.1, -0.05) is 18.6 Å². The molecule has 1 aromatic carbocycles. The number of piperidine rings is 2. The second-order valence-corrected chi connectivity index (χ2v) is 9.50. The zero-order valence-electron chi connectivity index (χ0n) is 16.2.